The number of benzene rings is 1. The third-order valence-corrected chi connectivity index (χ3v) is 4.89. The highest BCUT2D eigenvalue weighted by Gasteiger charge is 2.23. The maximum absolute atomic E-state index is 12.4. The van der Waals surface area contributed by atoms with Gasteiger partial charge in [0.2, 0.25) is 5.91 Å². The number of aryl methyl sites for hydroxylation is 2. The van der Waals surface area contributed by atoms with Crippen molar-refractivity contribution in [2.75, 3.05) is 5.32 Å². The standard InChI is InChI=1S/C21H25N5O2/c1-14-19(15(2)26(25-14)12-4-11-22)9-10-20(27)23-18-6-3-5-16(13-18)21(28)24-17-7-8-17/h3,5-6,13,17H,4,7-10,12H2,1-2H3,(H,23,27)(H,24,28). The van der Waals surface area contributed by atoms with Crippen LogP contribution >= 0.6 is 0 Å². The molecule has 0 aliphatic heterocycles. The number of hydrogen-bond donors (Lipinski definition) is 2. The van der Waals surface area contributed by atoms with Gasteiger partial charge in [-0.15, -0.1) is 0 Å². The van der Waals surface area contributed by atoms with E-state index in [1.54, 1.807) is 24.3 Å². The monoisotopic (exact) mass is 379 g/mol. The van der Waals surface area contributed by atoms with Gasteiger partial charge in [-0.2, -0.15) is 10.4 Å². The van der Waals surface area contributed by atoms with Gasteiger partial charge in [-0.25, -0.2) is 0 Å². The van der Waals surface area contributed by atoms with Crippen LogP contribution in [0.25, 0.3) is 0 Å². The van der Waals surface area contributed by atoms with E-state index in [0.29, 0.717) is 43.1 Å². The third kappa shape index (κ3) is 4.97. The second-order valence-electron chi connectivity index (χ2n) is 7.16. The van der Waals surface area contributed by atoms with Gasteiger partial charge in [-0.3, -0.25) is 14.3 Å². The molecule has 1 aliphatic carbocycles. The van der Waals surface area contributed by atoms with E-state index in [0.717, 1.165) is 29.8 Å². The van der Waals surface area contributed by atoms with Crippen LogP contribution in [0.15, 0.2) is 24.3 Å². The molecule has 1 saturated carbocycles. The highest BCUT2D eigenvalue weighted by Crippen LogP contribution is 2.20. The summed E-state index contributed by atoms with van der Waals surface area (Å²) in [5.74, 6) is -0.210. The lowest BCUT2D eigenvalue weighted by molar-refractivity contribution is -0.116. The van der Waals surface area contributed by atoms with E-state index in [4.69, 9.17) is 5.26 Å². The number of carbonyl (C=O) groups is 2. The molecule has 0 spiro atoms. The average Bonchev–Trinajstić information content (AvgIpc) is 3.44. The van der Waals surface area contributed by atoms with E-state index < -0.39 is 0 Å². The van der Waals surface area contributed by atoms with E-state index in [9.17, 15) is 9.59 Å². The molecule has 1 aromatic heterocycles. The summed E-state index contributed by atoms with van der Waals surface area (Å²) in [6, 6.07) is 9.41. The molecule has 28 heavy (non-hydrogen) atoms. The van der Waals surface area contributed by atoms with Gasteiger partial charge in [0, 0.05) is 29.4 Å². The quantitative estimate of drug-likeness (QED) is 0.736. The van der Waals surface area contributed by atoms with Crippen molar-refractivity contribution in [1.82, 2.24) is 15.1 Å². The number of nitriles is 1. The molecule has 0 unspecified atom stereocenters. The summed E-state index contributed by atoms with van der Waals surface area (Å²) in [5, 5.41) is 19.0. The molecule has 0 radical (unpaired) electrons. The summed E-state index contributed by atoms with van der Waals surface area (Å²) in [5.41, 5.74) is 4.11. The maximum atomic E-state index is 12.4. The van der Waals surface area contributed by atoms with Crippen LogP contribution < -0.4 is 10.6 Å². The lowest BCUT2D eigenvalue weighted by Crippen LogP contribution is -2.25. The maximum Gasteiger partial charge on any atom is 0.251 e. The highest BCUT2D eigenvalue weighted by molar-refractivity contribution is 5.97. The molecule has 2 aromatic rings. The molecule has 1 aromatic carbocycles. The molecule has 2 N–H and O–H groups in total. The summed E-state index contributed by atoms with van der Waals surface area (Å²) in [6.45, 7) is 4.45. The summed E-state index contributed by atoms with van der Waals surface area (Å²) in [6.07, 6.45) is 3.39. The summed E-state index contributed by atoms with van der Waals surface area (Å²) in [4.78, 5) is 24.5. The minimum absolute atomic E-state index is 0.102. The van der Waals surface area contributed by atoms with Crippen molar-refractivity contribution in [3.63, 3.8) is 0 Å². The van der Waals surface area contributed by atoms with Crippen molar-refractivity contribution in [2.24, 2.45) is 0 Å². The van der Waals surface area contributed by atoms with E-state index in [2.05, 4.69) is 21.8 Å². The summed E-state index contributed by atoms with van der Waals surface area (Å²) >= 11 is 0. The minimum Gasteiger partial charge on any atom is -0.349 e. The van der Waals surface area contributed by atoms with Gasteiger partial charge in [0.15, 0.2) is 0 Å². The molecule has 1 heterocycles. The zero-order valence-corrected chi connectivity index (χ0v) is 16.3. The Morgan fingerprint density at radius 2 is 2.11 bits per heavy atom. The van der Waals surface area contributed by atoms with Gasteiger partial charge < -0.3 is 10.6 Å². The summed E-state index contributed by atoms with van der Waals surface area (Å²) in [7, 11) is 0. The normalized spacial score (nSPS) is 13.0. The molecule has 3 rings (SSSR count). The Morgan fingerprint density at radius 1 is 1.32 bits per heavy atom. The second-order valence-corrected chi connectivity index (χ2v) is 7.16. The number of nitrogens with zero attached hydrogens (tertiary/aromatic N) is 3. The van der Waals surface area contributed by atoms with Gasteiger partial charge in [0.25, 0.3) is 5.91 Å². The van der Waals surface area contributed by atoms with E-state index in [-0.39, 0.29) is 11.8 Å². The lowest BCUT2D eigenvalue weighted by Gasteiger charge is -2.08. The SMILES string of the molecule is Cc1nn(CCC#N)c(C)c1CCC(=O)Nc1cccc(C(=O)NC2CC2)c1. The molecule has 0 bridgehead atoms. The van der Waals surface area contributed by atoms with E-state index >= 15 is 0 Å². The zero-order valence-electron chi connectivity index (χ0n) is 16.3. The van der Waals surface area contributed by atoms with Crippen LogP contribution in [0.1, 0.15) is 53.0 Å². The van der Waals surface area contributed by atoms with Gasteiger partial charge in [0.1, 0.15) is 0 Å². The number of aromatic nitrogens is 2. The average molecular weight is 379 g/mol. The molecule has 7 nitrogen and oxygen atoms in total. The second kappa shape index (κ2) is 8.70. The Bertz CT molecular complexity index is 921. The van der Waals surface area contributed by atoms with Gasteiger partial charge in [-0.05, 0) is 56.9 Å². The van der Waals surface area contributed by atoms with Gasteiger partial charge in [0.05, 0.1) is 24.7 Å². The molecule has 0 saturated heterocycles. The molecule has 2 amide bonds. The zero-order chi connectivity index (χ0) is 20.1. The van der Waals surface area contributed by atoms with E-state index in [1.165, 1.54) is 0 Å². The van der Waals surface area contributed by atoms with Crippen molar-refractivity contribution < 1.29 is 9.59 Å². The predicted molar refractivity (Wildman–Crippen MR) is 106 cm³/mol. The summed E-state index contributed by atoms with van der Waals surface area (Å²) < 4.78 is 1.83. The first-order valence-electron chi connectivity index (χ1n) is 9.58. The third-order valence-electron chi connectivity index (χ3n) is 4.89. The molecular weight excluding hydrogens is 354 g/mol. The fourth-order valence-electron chi connectivity index (χ4n) is 3.17. The van der Waals surface area contributed by atoms with Crippen LogP contribution in [0.2, 0.25) is 0 Å². The molecule has 1 aliphatic rings. The van der Waals surface area contributed by atoms with Crippen molar-refractivity contribution in [3.05, 3.63) is 46.8 Å². The number of nitrogens with one attached hydrogen (secondary N) is 2. The van der Waals surface area contributed by atoms with Crippen LogP contribution in [-0.2, 0) is 17.8 Å². The van der Waals surface area contributed by atoms with Crippen molar-refractivity contribution in [1.29, 1.82) is 5.26 Å². The Hall–Kier alpha value is -3.14. The largest absolute Gasteiger partial charge is 0.349 e. The molecule has 0 atom stereocenters. The Kier molecular flexibility index (Phi) is 6.09. The van der Waals surface area contributed by atoms with Crippen molar-refractivity contribution >= 4 is 17.5 Å². The minimum atomic E-state index is -0.108. The fraction of sp³-hybridized carbons (Fsp3) is 0.429. The van der Waals surface area contributed by atoms with Crippen LogP contribution in [0.3, 0.4) is 0 Å². The van der Waals surface area contributed by atoms with Crippen molar-refractivity contribution in [3.8, 4) is 6.07 Å². The lowest BCUT2D eigenvalue weighted by atomic mass is 10.1. The van der Waals surface area contributed by atoms with Gasteiger partial charge >= 0.3 is 0 Å². The number of hydrogen-bond acceptors (Lipinski definition) is 4. The topological polar surface area (TPSA) is 99.8 Å². The van der Waals surface area contributed by atoms with Crippen LogP contribution in [-0.4, -0.2) is 27.6 Å². The van der Waals surface area contributed by atoms with E-state index in [1.807, 2.05) is 18.5 Å². The Morgan fingerprint density at radius 3 is 2.82 bits per heavy atom. The number of carbonyl (C=O) groups excluding carboxylic acids is 2. The first-order valence-corrected chi connectivity index (χ1v) is 9.58. The highest BCUT2D eigenvalue weighted by atomic mass is 16.2. The molecule has 146 valence electrons. The van der Waals surface area contributed by atoms with Crippen LogP contribution in [0, 0.1) is 25.2 Å². The first kappa shape index (κ1) is 19.6. The van der Waals surface area contributed by atoms with Crippen LogP contribution in [0.4, 0.5) is 5.69 Å². The van der Waals surface area contributed by atoms with Crippen LogP contribution in [0.5, 0.6) is 0 Å². The smallest absolute Gasteiger partial charge is 0.251 e. The molecular formula is C21H25N5O2. The first-order chi connectivity index (χ1) is 13.5. The fourth-order valence-corrected chi connectivity index (χ4v) is 3.17. The predicted octanol–water partition coefficient (Wildman–Crippen LogP) is 2.88. The van der Waals surface area contributed by atoms with Crippen molar-refractivity contribution in [2.45, 2.75) is 58.5 Å². The number of rotatable bonds is 8. The number of amides is 2. The molecule has 7 heteroatoms. The Labute approximate surface area is 164 Å². The van der Waals surface area contributed by atoms with Gasteiger partial charge in [-0.1, -0.05) is 6.07 Å². The number of anilines is 1. The Balaban J connectivity index is 1.57. The molecule has 1 fully saturated rings.